The zero-order valence-electron chi connectivity index (χ0n) is 19.1. The number of nitro groups is 1. The highest BCUT2D eigenvalue weighted by Gasteiger charge is 2.25. The standard InChI is InChI=1S/C25H19N3O7S/c1-34-21-10-6-16(13-22(21)35-2)24(29)18(11-14-3-7-17(8-4-14)28(32)33)23(25(30)31)15-5-9-19-20(12-15)27-36-26-19/h3-10,12-13H,11H2,1-2H3,(H,30,31)/b23-18+. The summed E-state index contributed by atoms with van der Waals surface area (Å²) in [6.07, 6.45) is -0.0832. The summed E-state index contributed by atoms with van der Waals surface area (Å²) in [6, 6.07) is 14.9. The predicted octanol–water partition coefficient (Wildman–Crippen LogP) is 4.58. The molecule has 4 aromatic rings. The molecule has 36 heavy (non-hydrogen) atoms. The van der Waals surface area contributed by atoms with Crippen molar-refractivity contribution >= 4 is 45.8 Å². The molecule has 1 heterocycles. The third-order valence-electron chi connectivity index (χ3n) is 5.51. The molecule has 0 aliphatic heterocycles. The van der Waals surface area contributed by atoms with Crippen LogP contribution in [0.2, 0.25) is 0 Å². The molecule has 1 N–H and O–H groups in total. The number of nitrogens with zero attached hydrogens (tertiary/aromatic N) is 3. The van der Waals surface area contributed by atoms with Crippen LogP contribution in [0.15, 0.2) is 66.2 Å². The van der Waals surface area contributed by atoms with Crippen LogP contribution in [0.25, 0.3) is 16.6 Å². The number of ether oxygens (including phenoxy) is 2. The zero-order valence-corrected chi connectivity index (χ0v) is 19.9. The van der Waals surface area contributed by atoms with Crippen LogP contribution in [-0.2, 0) is 11.2 Å². The van der Waals surface area contributed by atoms with Crippen LogP contribution in [0.1, 0.15) is 21.5 Å². The molecule has 182 valence electrons. The highest BCUT2D eigenvalue weighted by Crippen LogP contribution is 2.32. The number of ketones is 1. The third kappa shape index (κ3) is 4.91. The topological polar surface area (TPSA) is 142 Å². The van der Waals surface area contributed by atoms with Crippen LogP contribution in [0.4, 0.5) is 5.69 Å². The Morgan fingerprint density at radius 2 is 1.58 bits per heavy atom. The van der Waals surface area contributed by atoms with E-state index in [4.69, 9.17) is 9.47 Å². The lowest BCUT2D eigenvalue weighted by Gasteiger charge is -2.14. The molecule has 11 heteroatoms. The van der Waals surface area contributed by atoms with Crippen LogP contribution < -0.4 is 9.47 Å². The number of carboxylic acid groups (broad SMARTS) is 1. The molecule has 4 rings (SSSR count). The van der Waals surface area contributed by atoms with Gasteiger partial charge in [-0.15, -0.1) is 0 Å². The van der Waals surface area contributed by atoms with Gasteiger partial charge in [-0.05, 0) is 41.5 Å². The van der Waals surface area contributed by atoms with Crippen molar-refractivity contribution in [3.05, 3.63) is 93.0 Å². The van der Waals surface area contributed by atoms with Crippen molar-refractivity contribution in [2.75, 3.05) is 14.2 Å². The molecule has 0 spiro atoms. The average Bonchev–Trinajstić information content (AvgIpc) is 3.35. The van der Waals surface area contributed by atoms with Crippen LogP contribution in [0, 0.1) is 10.1 Å². The lowest BCUT2D eigenvalue weighted by atomic mass is 9.89. The van der Waals surface area contributed by atoms with Gasteiger partial charge in [0, 0.05) is 29.7 Å². The summed E-state index contributed by atoms with van der Waals surface area (Å²) in [6.45, 7) is 0. The summed E-state index contributed by atoms with van der Waals surface area (Å²) in [4.78, 5) is 36.8. The molecule has 0 saturated carbocycles. The molecule has 0 aliphatic rings. The van der Waals surface area contributed by atoms with E-state index in [1.807, 2.05) is 0 Å². The highest BCUT2D eigenvalue weighted by atomic mass is 32.1. The summed E-state index contributed by atoms with van der Waals surface area (Å²) in [5.74, 6) is -1.12. The van der Waals surface area contributed by atoms with Crippen LogP contribution in [0.5, 0.6) is 11.5 Å². The van der Waals surface area contributed by atoms with Gasteiger partial charge in [0.25, 0.3) is 5.69 Å². The third-order valence-corrected chi connectivity index (χ3v) is 6.06. The Balaban J connectivity index is 1.89. The highest BCUT2D eigenvalue weighted by molar-refractivity contribution is 7.00. The molecular formula is C25H19N3O7S. The second-order valence-corrected chi connectivity index (χ2v) is 8.15. The molecule has 0 radical (unpaired) electrons. The summed E-state index contributed by atoms with van der Waals surface area (Å²) in [5.41, 5.74) is 1.79. The summed E-state index contributed by atoms with van der Waals surface area (Å²) in [7, 11) is 2.89. The van der Waals surface area contributed by atoms with Crippen LogP contribution >= 0.6 is 11.7 Å². The minimum Gasteiger partial charge on any atom is -0.493 e. The summed E-state index contributed by atoms with van der Waals surface area (Å²) < 4.78 is 18.8. The Morgan fingerprint density at radius 3 is 2.22 bits per heavy atom. The van der Waals surface area contributed by atoms with E-state index in [-0.39, 0.29) is 34.4 Å². The number of carboxylic acids is 1. The number of fused-ring (bicyclic) bond motifs is 1. The van der Waals surface area contributed by atoms with Gasteiger partial charge in [-0.1, -0.05) is 18.2 Å². The van der Waals surface area contributed by atoms with Crippen molar-refractivity contribution < 1.29 is 29.1 Å². The van der Waals surface area contributed by atoms with E-state index < -0.39 is 16.7 Å². The molecule has 0 amide bonds. The molecule has 0 fully saturated rings. The first kappa shape index (κ1) is 24.5. The first-order valence-corrected chi connectivity index (χ1v) is 11.2. The number of hydrogen-bond acceptors (Lipinski definition) is 9. The van der Waals surface area contributed by atoms with Gasteiger partial charge < -0.3 is 14.6 Å². The van der Waals surface area contributed by atoms with Crippen molar-refractivity contribution in [2.24, 2.45) is 0 Å². The predicted molar refractivity (Wildman–Crippen MR) is 133 cm³/mol. The minimum absolute atomic E-state index is 0.00823. The Labute approximate surface area is 208 Å². The number of nitro benzene ring substituents is 1. The summed E-state index contributed by atoms with van der Waals surface area (Å²) >= 11 is 0.996. The maximum Gasteiger partial charge on any atom is 0.336 e. The molecule has 0 saturated heterocycles. The molecule has 0 unspecified atom stereocenters. The quantitative estimate of drug-likeness (QED) is 0.150. The number of allylic oxidation sites excluding steroid dienone is 1. The SMILES string of the molecule is COc1ccc(C(=O)/C(Cc2ccc([N+](=O)[O-])cc2)=C(/C(=O)O)c2ccc3nsnc3c2)cc1OC. The normalized spacial score (nSPS) is 11.6. The van der Waals surface area contributed by atoms with E-state index >= 15 is 0 Å². The number of methoxy groups -OCH3 is 2. The molecule has 10 nitrogen and oxygen atoms in total. The number of carbonyl (C=O) groups is 2. The molecule has 1 aromatic heterocycles. The number of non-ortho nitro benzene ring substituents is 1. The first-order valence-electron chi connectivity index (χ1n) is 10.5. The van der Waals surface area contributed by atoms with E-state index in [1.165, 1.54) is 50.6 Å². The molecule has 0 atom stereocenters. The van der Waals surface area contributed by atoms with E-state index in [9.17, 15) is 24.8 Å². The number of aliphatic carboxylic acids is 1. The number of benzene rings is 3. The fraction of sp³-hybridized carbons (Fsp3) is 0.120. The molecular weight excluding hydrogens is 486 g/mol. The van der Waals surface area contributed by atoms with E-state index in [0.29, 0.717) is 28.1 Å². The second-order valence-electron chi connectivity index (χ2n) is 7.63. The molecule has 3 aromatic carbocycles. The number of carbonyl (C=O) groups excluding carboxylic acids is 1. The largest absolute Gasteiger partial charge is 0.493 e. The van der Waals surface area contributed by atoms with Crippen molar-refractivity contribution in [1.82, 2.24) is 8.75 Å². The Hall–Kier alpha value is -4.64. The van der Waals surface area contributed by atoms with Crippen LogP contribution in [0.3, 0.4) is 0 Å². The van der Waals surface area contributed by atoms with E-state index in [0.717, 1.165) is 11.7 Å². The Morgan fingerprint density at radius 1 is 0.917 bits per heavy atom. The van der Waals surface area contributed by atoms with Gasteiger partial charge in [0.2, 0.25) is 0 Å². The van der Waals surface area contributed by atoms with Gasteiger partial charge in [0.15, 0.2) is 17.3 Å². The second kappa shape index (κ2) is 10.3. The lowest BCUT2D eigenvalue weighted by molar-refractivity contribution is -0.384. The van der Waals surface area contributed by atoms with Crippen molar-refractivity contribution in [3.63, 3.8) is 0 Å². The number of aromatic nitrogens is 2. The van der Waals surface area contributed by atoms with Crippen molar-refractivity contribution in [3.8, 4) is 11.5 Å². The Bertz CT molecular complexity index is 1510. The number of Topliss-reactive ketones (excluding diaryl/α,β-unsaturated/α-hetero) is 1. The fourth-order valence-electron chi connectivity index (χ4n) is 3.74. The fourth-order valence-corrected chi connectivity index (χ4v) is 4.26. The minimum atomic E-state index is -1.30. The summed E-state index contributed by atoms with van der Waals surface area (Å²) in [5, 5.41) is 21.3. The van der Waals surface area contributed by atoms with Gasteiger partial charge in [0.05, 0.1) is 36.4 Å². The molecule has 0 bridgehead atoms. The maximum absolute atomic E-state index is 13.8. The average molecular weight is 506 g/mol. The Kier molecular flexibility index (Phi) is 7.02. The monoisotopic (exact) mass is 505 g/mol. The lowest BCUT2D eigenvalue weighted by Crippen LogP contribution is -2.14. The maximum atomic E-state index is 13.8. The van der Waals surface area contributed by atoms with Gasteiger partial charge in [-0.25, -0.2) is 4.79 Å². The van der Waals surface area contributed by atoms with Gasteiger partial charge in [-0.2, -0.15) is 8.75 Å². The zero-order chi connectivity index (χ0) is 25.8. The van der Waals surface area contributed by atoms with Crippen molar-refractivity contribution in [2.45, 2.75) is 6.42 Å². The van der Waals surface area contributed by atoms with Crippen molar-refractivity contribution in [1.29, 1.82) is 0 Å². The first-order chi connectivity index (χ1) is 17.3. The number of rotatable bonds is 9. The molecule has 0 aliphatic carbocycles. The van der Waals surface area contributed by atoms with Crippen LogP contribution in [-0.4, -0.2) is 44.7 Å². The number of hydrogen-bond donors (Lipinski definition) is 1. The van der Waals surface area contributed by atoms with Gasteiger partial charge in [0.1, 0.15) is 11.0 Å². The van der Waals surface area contributed by atoms with Gasteiger partial charge >= 0.3 is 5.97 Å². The van der Waals surface area contributed by atoms with E-state index in [2.05, 4.69) is 8.75 Å². The van der Waals surface area contributed by atoms with E-state index in [1.54, 1.807) is 24.3 Å². The smallest absolute Gasteiger partial charge is 0.336 e. The van der Waals surface area contributed by atoms with Gasteiger partial charge in [-0.3, -0.25) is 14.9 Å².